The number of amides is 2. The van der Waals surface area contributed by atoms with Crippen LogP contribution in [0.15, 0.2) is 42.5 Å². The third-order valence-corrected chi connectivity index (χ3v) is 5.20. The number of nitrogens with zero attached hydrogens (tertiary/aromatic N) is 1. The molecule has 0 spiro atoms. The molecule has 0 saturated carbocycles. The van der Waals surface area contributed by atoms with Crippen molar-refractivity contribution < 1.29 is 14.3 Å². The number of ether oxygens (including phenoxy) is 1. The van der Waals surface area contributed by atoms with Gasteiger partial charge in [-0.15, -0.1) is 0 Å². The highest BCUT2D eigenvalue weighted by molar-refractivity contribution is 6.37. The number of para-hydroxylation sites is 1. The summed E-state index contributed by atoms with van der Waals surface area (Å²) in [6.07, 6.45) is 3.32. The molecule has 5 nitrogen and oxygen atoms in total. The van der Waals surface area contributed by atoms with E-state index in [0.717, 1.165) is 31.5 Å². The minimum atomic E-state index is -0.288. The Morgan fingerprint density at radius 2 is 1.61 bits per heavy atom. The molecule has 2 amide bonds. The van der Waals surface area contributed by atoms with Gasteiger partial charge in [-0.1, -0.05) is 41.4 Å². The monoisotopic (exact) mass is 420 g/mol. The minimum absolute atomic E-state index is 0.0697. The van der Waals surface area contributed by atoms with Gasteiger partial charge in [0.15, 0.2) is 12.4 Å². The van der Waals surface area contributed by atoms with Crippen LogP contribution in [0.25, 0.3) is 0 Å². The van der Waals surface area contributed by atoms with Crippen LogP contribution in [0.3, 0.4) is 0 Å². The number of likely N-dealkylation sites (tertiary alicyclic amines) is 1. The summed E-state index contributed by atoms with van der Waals surface area (Å²) in [6, 6.07) is 12.3. The summed E-state index contributed by atoms with van der Waals surface area (Å²) in [5.74, 6) is 0.0753. The first-order chi connectivity index (χ1) is 13.5. The molecular formula is C21H22Cl2N2O3. The lowest BCUT2D eigenvalue weighted by molar-refractivity contribution is -0.123. The number of nitrogens with one attached hydrogen (secondary N) is 1. The molecule has 1 aliphatic rings. The second kappa shape index (κ2) is 9.80. The third-order valence-electron chi connectivity index (χ3n) is 4.60. The van der Waals surface area contributed by atoms with E-state index in [2.05, 4.69) is 5.32 Å². The van der Waals surface area contributed by atoms with Gasteiger partial charge in [-0.3, -0.25) is 9.59 Å². The van der Waals surface area contributed by atoms with Crippen LogP contribution >= 0.6 is 23.2 Å². The van der Waals surface area contributed by atoms with Gasteiger partial charge < -0.3 is 15.0 Å². The normalized spacial score (nSPS) is 13.9. The quantitative estimate of drug-likeness (QED) is 0.756. The molecule has 2 aromatic carbocycles. The minimum Gasteiger partial charge on any atom is -0.481 e. The SMILES string of the molecule is O=C(COc1c(Cl)cccc1Cl)NCc1ccc(C(=O)N2CCCCC2)cc1. The predicted octanol–water partition coefficient (Wildman–Crippen LogP) is 4.31. The molecule has 3 rings (SSSR count). The fraction of sp³-hybridized carbons (Fsp3) is 0.333. The fourth-order valence-corrected chi connectivity index (χ4v) is 3.56. The molecule has 1 N–H and O–H groups in total. The highest BCUT2D eigenvalue weighted by Crippen LogP contribution is 2.32. The fourth-order valence-electron chi connectivity index (χ4n) is 3.05. The van der Waals surface area contributed by atoms with Gasteiger partial charge in [0.1, 0.15) is 0 Å². The molecule has 0 bridgehead atoms. The van der Waals surface area contributed by atoms with Gasteiger partial charge in [0.2, 0.25) is 0 Å². The van der Waals surface area contributed by atoms with Crippen molar-refractivity contribution in [3.63, 3.8) is 0 Å². The molecule has 2 aromatic rings. The lowest BCUT2D eigenvalue weighted by atomic mass is 10.1. The number of halogens is 2. The number of carbonyl (C=O) groups is 2. The lowest BCUT2D eigenvalue weighted by Crippen LogP contribution is -2.35. The van der Waals surface area contributed by atoms with Crippen molar-refractivity contribution in [2.75, 3.05) is 19.7 Å². The van der Waals surface area contributed by atoms with Crippen molar-refractivity contribution in [2.45, 2.75) is 25.8 Å². The zero-order valence-corrected chi connectivity index (χ0v) is 16.9. The number of piperidine rings is 1. The Morgan fingerprint density at radius 1 is 0.964 bits per heavy atom. The Bertz CT molecular complexity index is 814. The first kappa shape index (κ1) is 20.5. The summed E-state index contributed by atoms with van der Waals surface area (Å²) in [4.78, 5) is 26.4. The highest BCUT2D eigenvalue weighted by atomic mass is 35.5. The maximum Gasteiger partial charge on any atom is 0.258 e. The molecule has 1 saturated heterocycles. The molecule has 1 heterocycles. The summed E-state index contributed by atoms with van der Waals surface area (Å²) < 4.78 is 5.41. The Hall–Kier alpha value is -2.24. The summed E-state index contributed by atoms with van der Waals surface area (Å²) in [7, 11) is 0. The summed E-state index contributed by atoms with van der Waals surface area (Å²) in [5.41, 5.74) is 1.58. The molecule has 0 aliphatic carbocycles. The number of hydrogen-bond acceptors (Lipinski definition) is 3. The van der Waals surface area contributed by atoms with Crippen LogP contribution in [0, 0.1) is 0 Å². The summed E-state index contributed by atoms with van der Waals surface area (Å²) >= 11 is 12.0. The van der Waals surface area contributed by atoms with Gasteiger partial charge >= 0.3 is 0 Å². The average molecular weight is 421 g/mol. The molecule has 28 heavy (non-hydrogen) atoms. The van der Waals surface area contributed by atoms with Gasteiger partial charge in [-0.2, -0.15) is 0 Å². The Labute approximate surface area is 174 Å². The van der Waals surface area contributed by atoms with E-state index in [9.17, 15) is 9.59 Å². The average Bonchev–Trinajstić information content (AvgIpc) is 2.72. The smallest absolute Gasteiger partial charge is 0.258 e. The van der Waals surface area contributed by atoms with Crippen molar-refractivity contribution >= 4 is 35.0 Å². The van der Waals surface area contributed by atoms with Crippen molar-refractivity contribution in [1.29, 1.82) is 0 Å². The first-order valence-corrected chi connectivity index (χ1v) is 10.0. The first-order valence-electron chi connectivity index (χ1n) is 9.26. The second-order valence-corrected chi connectivity index (χ2v) is 7.48. The molecule has 148 valence electrons. The van der Waals surface area contributed by atoms with Crippen LogP contribution in [-0.4, -0.2) is 36.4 Å². The van der Waals surface area contributed by atoms with Gasteiger partial charge in [0.05, 0.1) is 10.0 Å². The zero-order valence-electron chi connectivity index (χ0n) is 15.4. The standard InChI is InChI=1S/C21H22Cl2N2O3/c22-17-5-4-6-18(23)20(17)28-14-19(26)24-13-15-7-9-16(10-8-15)21(27)25-11-2-1-3-12-25/h4-10H,1-3,11-14H2,(H,24,26). The number of carbonyl (C=O) groups excluding carboxylic acids is 2. The Kier molecular flexibility index (Phi) is 7.18. The van der Waals surface area contributed by atoms with E-state index in [1.165, 1.54) is 6.42 Å². The molecule has 7 heteroatoms. The van der Waals surface area contributed by atoms with Gasteiger partial charge in [-0.05, 0) is 49.1 Å². The topological polar surface area (TPSA) is 58.6 Å². The molecule has 0 radical (unpaired) electrons. The Morgan fingerprint density at radius 3 is 2.25 bits per heavy atom. The molecule has 0 aromatic heterocycles. The van der Waals surface area contributed by atoms with Crippen LogP contribution in [-0.2, 0) is 11.3 Å². The van der Waals surface area contributed by atoms with Crippen LogP contribution in [0.5, 0.6) is 5.75 Å². The van der Waals surface area contributed by atoms with Crippen molar-refractivity contribution in [3.8, 4) is 5.75 Å². The van der Waals surface area contributed by atoms with Crippen LogP contribution in [0.2, 0.25) is 10.0 Å². The maximum atomic E-state index is 12.5. The van der Waals surface area contributed by atoms with Crippen LogP contribution in [0.4, 0.5) is 0 Å². The third kappa shape index (κ3) is 5.40. The van der Waals surface area contributed by atoms with Crippen LogP contribution in [0.1, 0.15) is 35.2 Å². The highest BCUT2D eigenvalue weighted by Gasteiger charge is 2.18. The van der Waals surface area contributed by atoms with E-state index in [0.29, 0.717) is 27.9 Å². The molecule has 1 fully saturated rings. The van der Waals surface area contributed by atoms with Crippen molar-refractivity contribution in [2.24, 2.45) is 0 Å². The predicted molar refractivity (Wildman–Crippen MR) is 110 cm³/mol. The summed E-state index contributed by atoms with van der Waals surface area (Å²) in [5, 5.41) is 3.49. The lowest BCUT2D eigenvalue weighted by Gasteiger charge is -2.26. The number of hydrogen-bond donors (Lipinski definition) is 1. The van der Waals surface area contributed by atoms with Gasteiger partial charge in [-0.25, -0.2) is 0 Å². The maximum absolute atomic E-state index is 12.5. The van der Waals surface area contributed by atoms with E-state index < -0.39 is 0 Å². The van der Waals surface area contributed by atoms with E-state index >= 15 is 0 Å². The second-order valence-electron chi connectivity index (χ2n) is 6.67. The largest absolute Gasteiger partial charge is 0.481 e. The van der Waals surface area contributed by atoms with E-state index in [4.69, 9.17) is 27.9 Å². The number of benzene rings is 2. The van der Waals surface area contributed by atoms with Gasteiger partial charge in [0, 0.05) is 25.2 Å². The summed E-state index contributed by atoms with van der Waals surface area (Å²) in [6.45, 7) is 1.81. The number of rotatable bonds is 6. The molecule has 0 atom stereocenters. The molecule has 1 aliphatic heterocycles. The van der Waals surface area contributed by atoms with E-state index in [1.54, 1.807) is 30.3 Å². The van der Waals surface area contributed by atoms with Crippen molar-refractivity contribution in [1.82, 2.24) is 10.2 Å². The van der Waals surface area contributed by atoms with Crippen molar-refractivity contribution in [3.05, 3.63) is 63.6 Å². The van der Waals surface area contributed by atoms with E-state index in [1.807, 2.05) is 17.0 Å². The van der Waals surface area contributed by atoms with Crippen LogP contribution < -0.4 is 10.1 Å². The van der Waals surface area contributed by atoms with E-state index in [-0.39, 0.29) is 18.4 Å². The Balaban J connectivity index is 1.48. The van der Waals surface area contributed by atoms with Gasteiger partial charge in [0.25, 0.3) is 11.8 Å². The molecule has 0 unspecified atom stereocenters. The zero-order chi connectivity index (χ0) is 19.9. The molecular weight excluding hydrogens is 399 g/mol.